The van der Waals surface area contributed by atoms with Crippen molar-refractivity contribution < 1.29 is 47.7 Å². The van der Waals surface area contributed by atoms with Crippen LogP contribution in [0.1, 0.15) is 47.9 Å². The summed E-state index contributed by atoms with van der Waals surface area (Å²) in [5.41, 5.74) is 1.39. The van der Waals surface area contributed by atoms with Crippen LogP contribution in [0.3, 0.4) is 0 Å². The standard InChI is InChI=1S/C43H40Cl3NO11/c1-52-32-16-12-30(13-17-32)43(29-9-5-4-6-10-29,31-14-18-33(53-2)19-15-31)57-21-8-7-11-41(48)56-27-28-23-39(54-3)40(26-37(28)47(50)51)55-22-20-42(49)58-38-25-35(45)34(44)24-36(38)46/h4-6,9-10,12-19,23-26H,7-8,11,20-22,27H2,1-3H3. The molecule has 0 saturated carbocycles. The van der Waals surface area contributed by atoms with Crippen LogP contribution in [-0.4, -0.2) is 51.4 Å². The maximum atomic E-state index is 12.9. The average Bonchev–Trinajstić information content (AvgIpc) is 3.23. The molecular weight excluding hydrogens is 813 g/mol. The fourth-order valence-corrected chi connectivity index (χ4v) is 6.63. The van der Waals surface area contributed by atoms with Crippen molar-refractivity contribution in [3.05, 3.63) is 151 Å². The molecule has 15 heteroatoms. The SMILES string of the molecule is COc1ccc(C(OCCCCC(=O)OCc2cc(OC)c(OCCC(=O)Oc3cc(Cl)c(Cl)cc3Cl)cc2[N+](=O)[O-])(c2ccccc2)c2ccc(OC)cc2)cc1. The van der Waals surface area contributed by atoms with E-state index in [0.717, 1.165) is 22.8 Å². The number of hydrogen-bond acceptors (Lipinski definition) is 11. The Morgan fingerprint density at radius 1 is 0.638 bits per heavy atom. The molecule has 0 fully saturated rings. The molecule has 0 aliphatic rings. The van der Waals surface area contributed by atoms with Gasteiger partial charge in [0.2, 0.25) is 0 Å². The van der Waals surface area contributed by atoms with Crippen molar-refractivity contribution in [1.29, 1.82) is 0 Å². The minimum atomic E-state index is -1.00. The van der Waals surface area contributed by atoms with Gasteiger partial charge in [0.15, 0.2) is 17.2 Å². The largest absolute Gasteiger partial charge is 0.497 e. The zero-order valence-electron chi connectivity index (χ0n) is 31.8. The Balaban J connectivity index is 1.19. The zero-order valence-corrected chi connectivity index (χ0v) is 34.1. The maximum Gasteiger partial charge on any atom is 0.314 e. The second-order valence-electron chi connectivity index (χ2n) is 12.6. The number of unbranched alkanes of at least 4 members (excludes halogenated alkanes) is 1. The monoisotopic (exact) mass is 851 g/mol. The van der Waals surface area contributed by atoms with Crippen molar-refractivity contribution in [1.82, 2.24) is 0 Å². The molecule has 0 aromatic heterocycles. The summed E-state index contributed by atoms with van der Waals surface area (Å²) in [6.45, 7) is -0.313. The van der Waals surface area contributed by atoms with E-state index in [-0.39, 0.29) is 76.2 Å². The lowest BCUT2D eigenvalue weighted by Crippen LogP contribution is -2.33. The van der Waals surface area contributed by atoms with E-state index in [0.29, 0.717) is 24.3 Å². The summed E-state index contributed by atoms with van der Waals surface area (Å²) in [6, 6.07) is 30.4. The molecule has 5 aromatic carbocycles. The summed E-state index contributed by atoms with van der Waals surface area (Å²) in [5.74, 6) is 0.306. The van der Waals surface area contributed by atoms with Crippen LogP contribution >= 0.6 is 34.8 Å². The van der Waals surface area contributed by atoms with E-state index in [9.17, 15) is 19.7 Å². The summed E-state index contributed by atoms with van der Waals surface area (Å²) in [4.78, 5) is 36.7. The molecule has 0 amide bonds. The van der Waals surface area contributed by atoms with Crippen molar-refractivity contribution in [2.24, 2.45) is 0 Å². The molecule has 0 N–H and O–H groups in total. The number of carbonyl (C=O) groups is 2. The summed E-state index contributed by atoms with van der Waals surface area (Å²) < 4.78 is 39.4. The first-order valence-electron chi connectivity index (χ1n) is 18.0. The molecule has 0 unspecified atom stereocenters. The normalized spacial score (nSPS) is 11.1. The predicted octanol–water partition coefficient (Wildman–Crippen LogP) is 10.2. The van der Waals surface area contributed by atoms with E-state index in [2.05, 4.69) is 0 Å². The van der Waals surface area contributed by atoms with E-state index in [1.807, 2.05) is 78.9 Å². The van der Waals surface area contributed by atoms with Gasteiger partial charge in [-0.15, -0.1) is 0 Å². The molecule has 58 heavy (non-hydrogen) atoms. The lowest BCUT2D eigenvalue weighted by atomic mass is 9.80. The number of nitro benzene ring substituents is 1. The number of halogens is 3. The Bertz CT molecular complexity index is 2140. The predicted molar refractivity (Wildman–Crippen MR) is 219 cm³/mol. The molecule has 304 valence electrons. The molecule has 0 aliphatic carbocycles. The third-order valence-corrected chi connectivity index (χ3v) is 10.00. The maximum absolute atomic E-state index is 12.9. The van der Waals surface area contributed by atoms with Crippen molar-refractivity contribution in [2.75, 3.05) is 34.5 Å². The van der Waals surface area contributed by atoms with Crippen LogP contribution < -0.4 is 23.7 Å². The van der Waals surface area contributed by atoms with Crippen molar-refractivity contribution in [3.8, 4) is 28.7 Å². The number of benzene rings is 5. The van der Waals surface area contributed by atoms with Crippen molar-refractivity contribution in [2.45, 2.75) is 37.9 Å². The zero-order chi connectivity index (χ0) is 41.7. The fraction of sp³-hybridized carbons (Fsp3) is 0.256. The van der Waals surface area contributed by atoms with Gasteiger partial charge in [-0.05, 0) is 65.9 Å². The number of hydrogen-bond donors (Lipinski definition) is 0. The van der Waals surface area contributed by atoms with E-state index < -0.39 is 22.5 Å². The summed E-state index contributed by atoms with van der Waals surface area (Å²) in [5, 5.41) is 12.4. The molecule has 5 rings (SSSR count). The molecule has 0 radical (unpaired) electrons. The second kappa shape index (κ2) is 20.8. The molecule has 5 aromatic rings. The Hall–Kier alpha value is -5.53. The van der Waals surface area contributed by atoms with Crippen LogP contribution in [-0.2, 0) is 31.3 Å². The molecule has 0 heterocycles. The number of carbonyl (C=O) groups excluding carboxylic acids is 2. The minimum absolute atomic E-state index is 0.000468. The van der Waals surface area contributed by atoms with Gasteiger partial charge in [0, 0.05) is 19.1 Å². The van der Waals surface area contributed by atoms with E-state index in [4.69, 9.17) is 68.0 Å². The van der Waals surface area contributed by atoms with Gasteiger partial charge in [-0.3, -0.25) is 19.7 Å². The Morgan fingerprint density at radius 2 is 1.24 bits per heavy atom. The van der Waals surface area contributed by atoms with E-state index >= 15 is 0 Å². The third-order valence-electron chi connectivity index (χ3n) is 8.98. The van der Waals surface area contributed by atoms with Gasteiger partial charge in [-0.1, -0.05) is 89.4 Å². The first-order valence-corrected chi connectivity index (χ1v) is 19.1. The highest BCUT2D eigenvalue weighted by molar-refractivity contribution is 6.43. The lowest BCUT2D eigenvalue weighted by Gasteiger charge is -2.36. The molecule has 0 atom stereocenters. The molecule has 12 nitrogen and oxygen atoms in total. The number of esters is 2. The fourth-order valence-electron chi connectivity index (χ4n) is 6.05. The van der Waals surface area contributed by atoms with Crippen molar-refractivity contribution >= 4 is 52.4 Å². The number of nitro groups is 1. The van der Waals surface area contributed by atoms with Gasteiger partial charge in [0.25, 0.3) is 5.69 Å². The molecular formula is C43H40Cl3NO11. The number of rotatable bonds is 20. The van der Waals surface area contributed by atoms with Gasteiger partial charge in [-0.25, -0.2) is 0 Å². The van der Waals surface area contributed by atoms with Crippen molar-refractivity contribution in [3.63, 3.8) is 0 Å². The lowest BCUT2D eigenvalue weighted by molar-refractivity contribution is -0.385. The van der Waals surface area contributed by atoms with Crippen LogP contribution in [0.4, 0.5) is 5.69 Å². The number of methoxy groups -OCH3 is 3. The van der Waals surface area contributed by atoms with Crippen LogP contribution in [0.5, 0.6) is 28.7 Å². The van der Waals surface area contributed by atoms with E-state index in [1.165, 1.54) is 25.3 Å². The van der Waals surface area contributed by atoms with Gasteiger partial charge < -0.3 is 33.2 Å². The molecule has 0 bridgehead atoms. The Kier molecular flexibility index (Phi) is 15.6. The first-order chi connectivity index (χ1) is 28.0. The van der Waals surface area contributed by atoms with Gasteiger partial charge in [0.1, 0.15) is 23.7 Å². The van der Waals surface area contributed by atoms with Crippen LogP contribution in [0, 0.1) is 10.1 Å². The topological polar surface area (TPSA) is 142 Å². The average molecular weight is 853 g/mol. The highest BCUT2D eigenvalue weighted by Crippen LogP contribution is 2.42. The number of nitrogens with zero attached hydrogens (tertiary/aromatic N) is 1. The highest BCUT2D eigenvalue weighted by atomic mass is 35.5. The first kappa shape index (κ1) is 43.6. The third kappa shape index (κ3) is 10.9. The molecule has 0 aliphatic heterocycles. The van der Waals surface area contributed by atoms with Gasteiger partial charge in [-0.2, -0.15) is 0 Å². The summed E-state index contributed by atoms with van der Waals surface area (Å²) in [7, 11) is 4.57. The molecule has 0 spiro atoms. The number of ether oxygens (including phenoxy) is 7. The van der Waals surface area contributed by atoms with Gasteiger partial charge in [0.05, 0.1) is 66.0 Å². The van der Waals surface area contributed by atoms with Crippen LogP contribution in [0.2, 0.25) is 15.1 Å². The second-order valence-corrected chi connectivity index (χ2v) is 13.9. The minimum Gasteiger partial charge on any atom is -0.497 e. The van der Waals surface area contributed by atoms with Crippen LogP contribution in [0.25, 0.3) is 0 Å². The quantitative estimate of drug-likeness (QED) is 0.0140. The molecule has 0 saturated heterocycles. The van der Waals surface area contributed by atoms with Crippen LogP contribution in [0.15, 0.2) is 103 Å². The smallest absolute Gasteiger partial charge is 0.314 e. The van der Waals surface area contributed by atoms with Gasteiger partial charge >= 0.3 is 11.9 Å². The van der Waals surface area contributed by atoms with E-state index in [1.54, 1.807) is 14.2 Å². The summed E-state index contributed by atoms with van der Waals surface area (Å²) >= 11 is 18.0. The highest BCUT2D eigenvalue weighted by Gasteiger charge is 2.37. The Labute approximate surface area is 350 Å². The summed E-state index contributed by atoms with van der Waals surface area (Å²) in [6.07, 6.45) is 0.730. The Morgan fingerprint density at radius 3 is 1.83 bits per heavy atom.